The van der Waals surface area contributed by atoms with E-state index in [2.05, 4.69) is 0 Å². The molecule has 106 valence electrons. The number of ketones is 1. The van der Waals surface area contributed by atoms with Crippen LogP contribution in [0.5, 0.6) is 0 Å². The molecule has 0 saturated heterocycles. The van der Waals surface area contributed by atoms with Gasteiger partial charge in [0, 0.05) is 12.1 Å². The highest BCUT2D eigenvalue weighted by Crippen LogP contribution is 2.09. The number of carbonyl (C=O) groups is 2. The van der Waals surface area contributed by atoms with Crippen molar-refractivity contribution in [2.75, 3.05) is 6.61 Å². The Balaban J connectivity index is 0.00000200. The molecular weight excluding hydrogens is 298 g/mol. The first-order chi connectivity index (χ1) is 9.20. The summed E-state index contributed by atoms with van der Waals surface area (Å²) in [5.74, 6) is -0.289. The molecule has 2 rings (SSSR count). The topological polar surface area (TPSA) is 47.2 Å². The number of ether oxygens (including phenoxy) is 1. The number of pyridine rings is 1. The van der Waals surface area contributed by atoms with Crippen LogP contribution in [0.1, 0.15) is 27.0 Å². The van der Waals surface area contributed by atoms with Gasteiger partial charge in [-0.1, -0.05) is 6.07 Å². The first kappa shape index (κ1) is 16.3. The maximum absolute atomic E-state index is 11.9. The lowest BCUT2D eigenvalue weighted by Crippen LogP contribution is -3.00. The third kappa shape index (κ3) is 4.15. The van der Waals surface area contributed by atoms with Crippen LogP contribution in [0.25, 0.3) is 0 Å². The van der Waals surface area contributed by atoms with Crippen molar-refractivity contribution in [3.63, 3.8) is 0 Å². The fourth-order valence-corrected chi connectivity index (χ4v) is 2.25. The van der Waals surface area contributed by atoms with E-state index in [9.17, 15) is 9.59 Å². The van der Waals surface area contributed by atoms with Gasteiger partial charge >= 0.3 is 5.97 Å². The molecule has 0 aromatic carbocycles. The summed E-state index contributed by atoms with van der Waals surface area (Å²) < 4.78 is 6.64. The largest absolute Gasteiger partial charge is 1.00 e. The second kappa shape index (κ2) is 7.77. The number of thiophene rings is 1. The molecule has 0 radical (unpaired) electrons. The minimum atomic E-state index is -0.348. The lowest BCUT2D eigenvalue weighted by Gasteiger charge is -2.00. The Morgan fingerprint density at radius 1 is 1.25 bits per heavy atom. The summed E-state index contributed by atoms with van der Waals surface area (Å²) in [6.07, 6.45) is 3.41. The summed E-state index contributed by atoms with van der Waals surface area (Å²) in [5, 5.41) is 1.88. The monoisotopic (exact) mass is 311 g/mol. The van der Waals surface area contributed by atoms with Gasteiger partial charge in [-0.15, -0.1) is 11.3 Å². The van der Waals surface area contributed by atoms with Crippen molar-refractivity contribution in [1.82, 2.24) is 0 Å². The summed E-state index contributed by atoms with van der Waals surface area (Å²) in [6.45, 7) is 2.38. The minimum Gasteiger partial charge on any atom is -1.00 e. The molecule has 0 amide bonds. The van der Waals surface area contributed by atoms with Gasteiger partial charge in [-0.05, 0) is 18.4 Å². The molecule has 0 aliphatic rings. The summed E-state index contributed by atoms with van der Waals surface area (Å²) in [7, 11) is 0. The summed E-state index contributed by atoms with van der Waals surface area (Å²) in [6, 6.07) is 6.96. The number of carbonyl (C=O) groups excluding carboxylic acids is 2. The van der Waals surface area contributed by atoms with E-state index in [0.717, 1.165) is 4.88 Å². The summed E-state index contributed by atoms with van der Waals surface area (Å²) in [4.78, 5) is 24.1. The molecule has 2 aromatic rings. The standard InChI is InChI=1S/C14H14NO3S.ClH/c1-2-18-14(17)11-5-7-15(8-6-11)10-12(16)13-4-3-9-19-13;/h3-9H,2,10H2,1H3;1H/q+1;/p-1. The van der Waals surface area contributed by atoms with Gasteiger partial charge in [-0.3, -0.25) is 4.79 Å². The van der Waals surface area contributed by atoms with Crippen LogP contribution in [-0.2, 0) is 11.3 Å². The first-order valence-corrected chi connectivity index (χ1v) is 6.81. The molecule has 0 fully saturated rings. The lowest BCUT2D eigenvalue weighted by molar-refractivity contribution is -0.683. The smallest absolute Gasteiger partial charge is 0.338 e. The molecule has 0 atom stereocenters. The fourth-order valence-electron chi connectivity index (χ4n) is 1.59. The third-order valence-electron chi connectivity index (χ3n) is 2.52. The van der Waals surface area contributed by atoms with Gasteiger partial charge in [0.05, 0.1) is 17.0 Å². The van der Waals surface area contributed by atoms with Gasteiger partial charge in [-0.25, -0.2) is 4.79 Å². The minimum absolute atomic E-state index is 0. The van der Waals surface area contributed by atoms with Gasteiger partial charge < -0.3 is 17.1 Å². The normalized spacial score (nSPS) is 9.65. The number of aromatic nitrogens is 1. The van der Waals surface area contributed by atoms with E-state index in [1.165, 1.54) is 11.3 Å². The second-order valence-corrected chi connectivity index (χ2v) is 4.83. The number of esters is 1. The molecule has 0 unspecified atom stereocenters. The number of rotatable bonds is 5. The maximum atomic E-state index is 11.9. The fraction of sp³-hybridized carbons (Fsp3) is 0.214. The second-order valence-electron chi connectivity index (χ2n) is 3.88. The molecule has 0 spiro atoms. The van der Waals surface area contributed by atoms with Crippen LogP contribution in [0.2, 0.25) is 0 Å². The van der Waals surface area contributed by atoms with Crippen molar-refractivity contribution in [2.24, 2.45) is 0 Å². The quantitative estimate of drug-likeness (QED) is 0.408. The van der Waals surface area contributed by atoms with Gasteiger partial charge in [0.2, 0.25) is 12.3 Å². The number of Topliss-reactive ketones (excluding diaryl/α,β-unsaturated/α-hetero) is 1. The van der Waals surface area contributed by atoms with Crippen LogP contribution in [0.3, 0.4) is 0 Å². The molecule has 4 nitrogen and oxygen atoms in total. The van der Waals surface area contributed by atoms with Gasteiger partial charge in [0.25, 0.3) is 0 Å². The zero-order valence-corrected chi connectivity index (χ0v) is 12.5. The molecule has 6 heteroatoms. The van der Waals surface area contributed by atoms with Gasteiger partial charge in [0.15, 0.2) is 12.4 Å². The van der Waals surface area contributed by atoms with Gasteiger partial charge in [0.1, 0.15) is 0 Å². The molecule has 20 heavy (non-hydrogen) atoms. The lowest BCUT2D eigenvalue weighted by atomic mass is 10.2. The molecule has 2 aromatic heterocycles. The van der Waals surface area contributed by atoms with Crippen LogP contribution in [0.4, 0.5) is 0 Å². The number of nitrogens with zero attached hydrogens (tertiary/aromatic N) is 1. The highest BCUT2D eigenvalue weighted by molar-refractivity contribution is 7.12. The number of hydrogen-bond donors (Lipinski definition) is 0. The van der Waals surface area contributed by atoms with Crippen LogP contribution >= 0.6 is 11.3 Å². The Hall–Kier alpha value is -1.72. The summed E-state index contributed by atoms with van der Waals surface area (Å²) in [5.41, 5.74) is 0.488. The van der Waals surface area contributed by atoms with Crippen molar-refractivity contribution in [3.05, 3.63) is 52.5 Å². The highest BCUT2D eigenvalue weighted by atomic mass is 35.5. The van der Waals surface area contributed by atoms with Crippen molar-refractivity contribution in [2.45, 2.75) is 13.5 Å². The van der Waals surface area contributed by atoms with E-state index in [-0.39, 0.29) is 30.7 Å². The predicted molar refractivity (Wildman–Crippen MR) is 71.2 cm³/mol. The molecule has 2 heterocycles. The van der Waals surface area contributed by atoms with Crippen LogP contribution < -0.4 is 17.0 Å². The van der Waals surface area contributed by atoms with E-state index in [1.54, 1.807) is 42.1 Å². The van der Waals surface area contributed by atoms with Crippen LogP contribution in [0, 0.1) is 0 Å². The molecule has 0 aliphatic heterocycles. The molecule has 0 N–H and O–H groups in total. The first-order valence-electron chi connectivity index (χ1n) is 5.93. The van der Waals surface area contributed by atoms with Crippen LogP contribution in [0.15, 0.2) is 42.0 Å². The van der Waals surface area contributed by atoms with Crippen molar-refractivity contribution >= 4 is 23.1 Å². The number of halogens is 1. The Labute approximate surface area is 127 Å². The average Bonchev–Trinajstić information content (AvgIpc) is 2.94. The van der Waals surface area contributed by atoms with Crippen molar-refractivity contribution in [1.29, 1.82) is 0 Å². The molecule has 0 aliphatic carbocycles. The van der Waals surface area contributed by atoms with Gasteiger partial charge in [-0.2, -0.15) is 4.57 Å². The highest BCUT2D eigenvalue weighted by Gasteiger charge is 2.14. The molecule has 0 bridgehead atoms. The van der Waals surface area contributed by atoms with Crippen molar-refractivity contribution < 1.29 is 31.3 Å². The maximum Gasteiger partial charge on any atom is 0.338 e. The third-order valence-corrected chi connectivity index (χ3v) is 3.44. The van der Waals surface area contributed by atoms with E-state index < -0.39 is 0 Å². The van der Waals surface area contributed by atoms with E-state index in [0.29, 0.717) is 12.2 Å². The molecule has 0 saturated carbocycles. The van der Waals surface area contributed by atoms with E-state index >= 15 is 0 Å². The zero-order chi connectivity index (χ0) is 13.7. The summed E-state index contributed by atoms with van der Waals surface area (Å²) >= 11 is 1.43. The SMILES string of the molecule is CCOC(=O)c1cc[n+](CC(=O)c2cccs2)cc1.[Cl-]. The average molecular weight is 312 g/mol. The van der Waals surface area contributed by atoms with Crippen molar-refractivity contribution in [3.8, 4) is 0 Å². The zero-order valence-electron chi connectivity index (χ0n) is 10.9. The Bertz CT molecular complexity index is 567. The van der Waals surface area contributed by atoms with E-state index in [4.69, 9.17) is 4.74 Å². The number of hydrogen-bond acceptors (Lipinski definition) is 4. The van der Waals surface area contributed by atoms with E-state index in [1.807, 2.05) is 11.4 Å². The molecular formula is C14H14ClNO3S. The van der Waals surface area contributed by atoms with Crippen LogP contribution in [-0.4, -0.2) is 18.4 Å². The Morgan fingerprint density at radius 2 is 1.95 bits per heavy atom. The predicted octanol–water partition coefficient (Wildman–Crippen LogP) is -0.901. The Morgan fingerprint density at radius 3 is 2.50 bits per heavy atom. The Kier molecular flexibility index (Phi) is 6.35.